The topological polar surface area (TPSA) is 80.4 Å². The van der Waals surface area contributed by atoms with Crippen molar-refractivity contribution >= 4 is 17.7 Å². The fraction of sp³-hybridized carbons (Fsp3) is 0. The zero-order valence-corrected chi connectivity index (χ0v) is 7.14. The molecule has 0 atom stereocenters. The number of carbonyl (C=O) groups is 1. The molecule has 5 nitrogen and oxygen atoms in total. The molecule has 1 rings (SSSR count). The van der Waals surface area contributed by atoms with E-state index in [1.807, 2.05) is 0 Å². The number of non-ortho nitro benzene ring substituents is 1. The second-order valence-corrected chi connectivity index (χ2v) is 2.54. The maximum absolute atomic E-state index is 10.6. The lowest BCUT2D eigenvalue weighted by molar-refractivity contribution is -0.384. The Kier molecular flexibility index (Phi) is 2.62. The highest BCUT2D eigenvalue weighted by Gasteiger charge is 2.12. The molecule has 0 radical (unpaired) electrons. The lowest BCUT2D eigenvalue weighted by Crippen LogP contribution is -2.00. The third-order valence-electron chi connectivity index (χ3n) is 1.70. The Balaban J connectivity index is 3.32. The first-order valence-corrected chi connectivity index (χ1v) is 3.70. The number of nitro benzene ring substituents is 1. The van der Waals surface area contributed by atoms with Crippen molar-refractivity contribution in [1.82, 2.24) is 0 Å². The van der Waals surface area contributed by atoms with Gasteiger partial charge in [0.1, 0.15) is 0 Å². The summed E-state index contributed by atoms with van der Waals surface area (Å²) in [5.41, 5.74) is 0.0993. The molecular formula is C9H7NO4. The van der Waals surface area contributed by atoms with Crippen molar-refractivity contribution < 1.29 is 14.8 Å². The molecule has 72 valence electrons. The van der Waals surface area contributed by atoms with Gasteiger partial charge in [-0.25, -0.2) is 4.79 Å². The zero-order chi connectivity index (χ0) is 10.7. The molecule has 14 heavy (non-hydrogen) atoms. The van der Waals surface area contributed by atoms with E-state index in [1.165, 1.54) is 18.2 Å². The van der Waals surface area contributed by atoms with Crippen molar-refractivity contribution in [2.75, 3.05) is 0 Å². The lowest BCUT2D eigenvalue weighted by Gasteiger charge is -1.99. The van der Waals surface area contributed by atoms with Gasteiger partial charge in [0.2, 0.25) is 0 Å². The van der Waals surface area contributed by atoms with Gasteiger partial charge in [0, 0.05) is 12.1 Å². The summed E-state index contributed by atoms with van der Waals surface area (Å²) < 4.78 is 0. The molecule has 0 fully saturated rings. The molecule has 0 saturated carbocycles. The Labute approximate surface area is 79.4 Å². The van der Waals surface area contributed by atoms with Crippen molar-refractivity contribution in [3.8, 4) is 0 Å². The van der Waals surface area contributed by atoms with E-state index in [4.69, 9.17) is 5.11 Å². The van der Waals surface area contributed by atoms with Crippen LogP contribution in [0.2, 0.25) is 0 Å². The number of aromatic carboxylic acids is 1. The number of carboxylic acids is 1. The first-order valence-electron chi connectivity index (χ1n) is 3.70. The third kappa shape index (κ3) is 1.77. The molecule has 0 aromatic heterocycles. The van der Waals surface area contributed by atoms with Crippen LogP contribution in [-0.2, 0) is 0 Å². The minimum Gasteiger partial charge on any atom is -0.478 e. The smallest absolute Gasteiger partial charge is 0.336 e. The number of hydrogen-bond donors (Lipinski definition) is 1. The summed E-state index contributed by atoms with van der Waals surface area (Å²) in [6, 6.07) is 3.52. The van der Waals surface area contributed by atoms with E-state index in [1.54, 1.807) is 0 Å². The fourth-order valence-electron chi connectivity index (χ4n) is 1.03. The molecule has 0 bridgehead atoms. The van der Waals surface area contributed by atoms with Crippen LogP contribution >= 0.6 is 0 Å². The summed E-state index contributed by atoms with van der Waals surface area (Å²) in [5.74, 6) is -1.13. The highest BCUT2D eigenvalue weighted by atomic mass is 16.6. The molecule has 0 aliphatic carbocycles. The largest absolute Gasteiger partial charge is 0.478 e. The molecular weight excluding hydrogens is 186 g/mol. The highest BCUT2D eigenvalue weighted by molar-refractivity contribution is 5.92. The lowest BCUT2D eigenvalue weighted by atomic mass is 10.1. The maximum atomic E-state index is 10.6. The van der Waals surface area contributed by atoms with Crippen molar-refractivity contribution in [2.45, 2.75) is 0 Å². The Morgan fingerprint density at radius 2 is 2.21 bits per heavy atom. The van der Waals surface area contributed by atoms with E-state index >= 15 is 0 Å². The van der Waals surface area contributed by atoms with Gasteiger partial charge in [-0.3, -0.25) is 10.1 Å². The van der Waals surface area contributed by atoms with Crippen molar-refractivity contribution in [3.63, 3.8) is 0 Å². The van der Waals surface area contributed by atoms with Crippen LogP contribution in [0.5, 0.6) is 0 Å². The van der Waals surface area contributed by atoms with Crippen LogP contribution in [0.25, 0.3) is 6.08 Å². The summed E-state index contributed by atoms with van der Waals surface area (Å²) >= 11 is 0. The molecule has 0 aliphatic rings. The normalized spacial score (nSPS) is 9.43. The summed E-state index contributed by atoms with van der Waals surface area (Å²) in [5, 5.41) is 19.1. The summed E-state index contributed by atoms with van der Waals surface area (Å²) in [6.45, 7) is 3.39. The predicted molar refractivity (Wildman–Crippen MR) is 50.1 cm³/mol. The van der Waals surface area contributed by atoms with Gasteiger partial charge in [-0.05, 0) is 11.6 Å². The molecule has 0 unspecified atom stereocenters. The van der Waals surface area contributed by atoms with Crippen molar-refractivity contribution in [3.05, 3.63) is 46.0 Å². The predicted octanol–water partition coefficient (Wildman–Crippen LogP) is 1.94. The average molecular weight is 193 g/mol. The van der Waals surface area contributed by atoms with E-state index < -0.39 is 10.9 Å². The Morgan fingerprint density at radius 1 is 1.57 bits per heavy atom. The number of carboxylic acid groups (broad SMARTS) is 1. The second kappa shape index (κ2) is 3.69. The fourth-order valence-corrected chi connectivity index (χ4v) is 1.03. The van der Waals surface area contributed by atoms with Crippen LogP contribution in [0.1, 0.15) is 15.9 Å². The maximum Gasteiger partial charge on any atom is 0.336 e. The summed E-state index contributed by atoms with van der Waals surface area (Å²) in [4.78, 5) is 20.4. The standard InChI is InChI=1S/C9H7NO4/c1-2-6-5-7(10(13)14)3-4-8(6)9(11)12/h2-5H,1H2,(H,11,12). The van der Waals surface area contributed by atoms with E-state index in [-0.39, 0.29) is 16.8 Å². The van der Waals surface area contributed by atoms with Crippen LogP contribution in [0.15, 0.2) is 24.8 Å². The van der Waals surface area contributed by atoms with E-state index in [0.29, 0.717) is 0 Å². The number of nitro groups is 1. The minimum absolute atomic E-state index is 0.00519. The van der Waals surface area contributed by atoms with Crippen molar-refractivity contribution in [2.24, 2.45) is 0 Å². The molecule has 1 N–H and O–H groups in total. The molecule has 5 heteroatoms. The molecule has 0 spiro atoms. The Bertz CT molecular complexity index is 411. The minimum atomic E-state index is -1.13. The van der Waals surface area contributed by atoms with Crippen LogP contribution in [-0.4, -0.2) is 16.0 Å². The van der Waals surface area contributed by atoms with Gasteiger partial charge < -0.3 is 5.11 Å². The molecule has 0 saturated heterocycles. The van der Waals surface area contributed by atoms with Crippen LogP contribution in [0.3, 0.4) is 0 Å². The Hall–Kier alpha value is -2.17. The quantitative estimate of drug-likeness (QED) is 0.587. The zero-order valence-electron chi connectivity index (χ0n) is 7.14. The number of hydrogen-bond acceptors (Lipinski definition) is 3. The summed E-state index contributed by atoms with van der Waals surface area (Å²) in [7, 11) is 0. The van der Waals surface area contributed by atoms with E-state index in [9.17, 15) is 14.9 Å². The summed E-state index contributed by atoms with van der Waals surface area (Å²) in [6.07, 6.45) is 1.27. The Morgan fingerprint density at radius 3 is 2.64 bits per heavy atom. The first-order chi connectivity index (χ1) is 6.56. The van der Waals surface area contributed by atoms with Gasteiger partial charge in [0.05, 0.1) is 10.5 Å². The first kappa shape index (κ1) is 9.91. The molecule has 1 aromatic carbocycles. The van der Waals surface area contributed by atoms with E-state index in [0.717, 1.165) is 6.07 Å². The van der Waals surface area contributed by atoms with Gasteiger partial charge >= 0.3 is 5.97 Å². The number of benzene rings is 1. The van der Waals surface area contributed by atoms with Crippen LogP contribution in [0, 0.1) is 10.1 Å². The van der Waals surface area contributed by atoms with E-state index in [2.05, 4.69) is 6.58 Å². The number of nitrogens with zero attached hydrogens (tertiary/aromatic N) is 1. The molecule has 0 heterocycles. The molecule has 0 aliphatic heterocycles. The average Bonchev–Trinajstić information content (AvgIpc) is 2.16. The number of rotatable bonds is 3. The van der Waals surface area contributed by atoms with Crippen LogP contribution in [0.4, 0.5) is 5.69 Å². The molecule has 1 aromatic rings. The van der Waals surface area contributed by atoms with Crippen molar-refractivity contribution in [1.29, 1.82) is 0 Å². The van der Waals surface area contributed by atoms with Gasteiger partial charge in [-0.1, -0.05) is 12.7 Å². The van der Waals surface area contributed by atoms with Gasteiger partial charge in [-0.15, -0.1) is 0 Å². The van der Waals surface area contributed by atoms with Gasteiger partial charge in [0.25, 0.3) is 5.69 Å². The van der Waals surface area contributed by atoms with Crippen LogP contribution < -0.4 is 0 Å². The molecule has 0 amide bonds. The monoisotopic (exact) mass is 193 g/mol. The highest BCUT2D eigenvalue weighted by Crippen LogP contribution is 2.18. The van der Waals surface area contributed by atoms with Gasteiger partial charge in [0.15, 0.2) is 0 Å². The third-order valence-corrected chi connectivity index (χ3v) is 1.70. The second-order valence-electron chi connectivity index (χ2n) is 2.54. The van der Waals surface area contributed by atoms with Gasteiger partial charge in [-0.2, -0.15) is 0 Å². The SMILES string of the molecule is C=Cc1cc([N+](=O)[O-])ccc1C(=O)O.